The maximum Gasteiger partial charge on any atom is 0.228 e. The van der Waals surface area contributed by atoms with E-state index in [1.165, 1.54) is 6.20 Å². The predicted molar refractivity (Wildman–Crippen MR) is 137 cm³/mol. The van der Waals surface area contributed by atoms with Crippen LogP contribution in [0.15, 0.2) is 70.4 Å². The predicted octanol–water partition coefficient (Wildman–Crippen LogP) is 5.39. The van der Waals surface area contributed by atoms with Crippen LogP contribution >= 0.6 is 11.8 Å². The molecule has 0 atom stereocenters. The SMILES string of the molecule is CSc1ccc2nccc(Oc3ccc(CC(=O)N/C(C=NC(C)(C)C)=C/N)cc3C)c2c1. The van der Waals surface area contributed by atoms with E-state index in [0.29, 0.717) is 5.70 Å². The van der Waals surface area contributed by atoms with Crippen LogP contribution in [0.1, 0.15) is 31.9 Å². The molecular formula is C26H30N4O2S. The second kappa shape index (κ2) is 10.5. The van der Waals surface area contributed by atoms with Crippen molar-refractivity contribution in [2.75, 3.05) is 6.26 Å². The number of pyridine rings is 1. The second-order valence-corrected chi connectivity index (χ2v) is 9.55. The third kappa shape index (κ3) is 6.83. The number of nitrogens with one attached hydrogen (secondary N) is 1. The van der Waals surface area contributed by atoms with Gasteiger partial charge in [-0.1, -0.05) is 12.1 Å². The molecule has 7 heteroatoms. The molecule has 3 N–H and O–H groups in total. The number of aromatic nitrogens is 1. The van der Waals surface area contributed by atoms with E-state index in [9.17, 15) is 4.79 Å². The number of benzene rings is 2. The number of nitrogens with two attached hydrogens (primary N) is 1. The maximum absolute atomic E-state index is 12.5. The van der Waals surface area contributed by atoms with Gasteiger partial charge in [0.2, 0.25) is 5.91 Å². The Hall–Kier alpha value is -3.32. The number of thioether (sulfide) groups is 1. The van der Waals surface area contributed by atoms with E-state index in [0.717, 1.165) is 38.4 Å². The number of amides is 1. The Morgan fingerprint density at radius 3 is 2.64 bits per heavy atom. The number of carbonyl (C=O) groups is 1. The summed E-state index contributed by atoms with van der Waals surface area (Å²) < 4.78 is 6.23. The average Bonchev–Trinajstić information content (AvgIpc) is 2.77. The Morgan fingerprint density at radius 1 is 1.18 bits per heavy atom. The quantitative estimate of drug-likeness (QED) is 0.363. The van der Waals surface area contributed by atoms with Crippen LogP contribution in [0, 0.1) is 6.92 Å². The Bertz CT molecular complexity index is 1210. The number of ether oxygens (including phenoxy) is 1. The lowest BCUT2D eigenvalue weighted by Gasteiger charge is -2.13. The maximum atomic E-state index is 12.5. The summed E-state index contributed by atoms with van der Waals surface area (Å²) in [5.41, 5.74) is 8.56. The van der Waals surface area contributed by atoms with E-state index in [4.69, 9.17) is 10.5 Å². The Balaban J connectivity index is 1.72. The van der Waals surface area contributed by atoms with Crippen molar-refractivity contribution in [2.45, 2.75) is 44.6 Å². The third-order valence-electron chi connectivity index (χ3n) is 4.79. The largest absolute Gasteiger partial charge is 0.456 e. The molecule has 3 rings (SSSR count). The lowest BCUT2D eigenvalue weighted by molar-refractivity contribution is -0.119. The molecule has 0 aliphatic carbocycles. The number of aliphatic imine (C=N–C) groups is 1. The third-order valence-corrected chi connectivity index (χ3v) is 5.51. The fraction of sp³-hybridized carbons (Fsp3) is 0.269. The van der Waals surface area contributed by atoms with Crippen molar-refractivity contribution in [1.29, 1.82) is 0 Å². The van der Waals surface area contributed by atoms with Gasteiger partial charge in [0.15, 0.2) is 0 Å². The second-order valence-electron chi connectivity index (χ2n) is 8.67. The van der Waals surface area contributed by atoms with Gasteiger partial charge in [0.05, 0.1) is 23.2 Å². The molecule has 1 heterocycles. The summed E-state index contributed by atoms with van der Waals surface area (Å²) in [4.78, 5) is 22.4. The van der Waals surface area contributed by atoms with E-state index in [-0.39, 0.29) is 17.9 Å². The summed E-state index contributed by atoms with van der Waals surface area (Å²) in [7, 11) is 0. The molecule has 6 nitrogen and oxygen atoms in total. The fourth-order valence-electron chi connectivity index (χ4n) is 3.14. The molecule has 0 fully saturated rings. The molecule has 172 valence electrons. The number of aryl methyl sites for hydroxylation is 1. The number of rotatable bonds is 7. The molecule has 0 saturated carbocycles. The van der Waals surface area contributed by atoms with E-state index >= 15 is 0 Å². The Labute approximate surface area is 199 Å². The molecule has 33 heavy (non-hydrogen) atoms. The van der Waals surface area contributed by atoms with Gasteiger partial charge in [-0.2, -0.15) is 0 Å². The lowest BCUT2D eigenvalue weighted by Crippen LogP contribution is -2.26. The van der Waals surface area contributed by atoms with E-state index in [1.807, 2.05) is 64.3 Å². The van der Waals surface area contributed by atoms with Crippen molar-refractivity contribution < 1.29 is 9.53 Å². The monoisotopic (exact) mass is 462 g/mol. The molecular weight excluding hydrogens is 432 g/mol. The zero-order chi connectivity index (χ0) is 24.0. The van der Waals surface area contributed by atoms with Gasteiger partial charge in [0.25, 0.3) is 0 Å². The van der Waals surface area contributed by atoms with E-state index < -0.39 is 0 Å². The van der Waals surface area contributed by atoms with Crippen molar-refractivity contribution in [2.24, 2.45) is 10.7 Å². The minimum Gasteiger partial charge on any atom is -0.456 e. The van der Waals surface area contributed by atoms with E-state index in [1.54, 1.807) is 24.2 Å². The van der Waals surface area contributed by atoms with Crippen molar-refractivity contribution in [1.82, 2.24) is 10.3 Å². The summed E-state index contributed by atoms with van der Waals surface area (Å²) in [6.07, 6.45) is 6.94. The molecule has 1 amide bonds. The van der Waals surface area contributed by atoms with Crippen molar-refractivity contribution in [3.8, 4) is 11.5 Å². The summed E-state index contributed by atoms with van der Waals surface area (Å²) in [6, 6.07) is 13.8. The van der Waals surface area contributed by atoms with Gasteiger partial charge >= 0.3 is 0 Å². The van der Waals surface area contributed by atoms with Crippen LogP contribution in [-0.4, -0.2) is 28.9 Å². The van der Waals surface area contributed by atoms with Gasteiger partial charge in [0, 0.05) is 28.9 Å². The first-order valence-corrected chi connectivity index (χ1v) is 11.9. The van der Waals surface area contributed by atoms with Crippen LogP contribution in [-0.2, 0) is 11.2 Å². The highest BCUT2D eigenvalue weighted by molar-refractivity contribution is 7.98. The highest BCUT2D eigenvalue weighted by atomic mass is 32.2. The standard InChI is InChI=1S/C26H30N4O2S/c1-17-12-18(13-25(31)30-19(15-27)16-29-26(2,3)4)6-9-23(17)32-24-10-11-28-22-8-7-20(33-5)14-21(22)24/h6-12,14-16H,13,27H2,1-5H3,(H,30,31)/b19-15+,29-16?. The minimum absolute atomic E-state index is 0.162. The highest BCUT2D eigenvalue weighted by Crippen LogP contribution is 2.33. The van der Waals surface area contributed by atoms with Crippen molar-refractivity contribution in [3.63, 3.8) is 0 Å². The molecule has 0 aliphatic rings. The van der Waals surface area contributed by atoms with Crippen molar-refractivity contribution in [3.05, 3.63) is 71.7 Å². The number of hydrogen-bond donors (Lipinski definition) is 2. The van der Waals surface area contributed by atoms with Crippen LogP contribution in [0.25, 0.3) is 10.9 Å². The minimum atomic E-state index is -0.247. The van der Waals surface area contributed by atoms with Gasteiger partial charge in [-0.05, 0) is 75.4 Å². The number of allylic oxidation sites excluding steroid dienone is 1. The zero-order valence-electron chi connectivity index (χ0n) is 19.7. The summed E-state index contributed by atoms with van der Waals surface area (Å²) in [5.74, 6) is 1.33. The van der Waals surface area contributed by atoms with Gasteiger partial charge in [-0.3, -0.25) is 14.8 Å². The van der Waals surface area contributed by atoms with Crippen molar-refractivity contribution >= 4 is 34.8 Å². The first-order chi connectivity index (χ1) is 15.7. The van der Waals surface area contributed by atoms with Gasteiger partial charge in [-0.15, -0.1) is 11.8 Å². The van der Waals surface area contributed by atoms with Gasteiger partial charge in [0.1, 0.15) is 11.5 Å². The smallest absolute Gasteiger partial charge is 0.228 e. The van der Waals surface area contributed by atoms with Gasteiger partial charge in [-0.25, -0.2) is 0 Å². The fourth-order valence-corrected chi connectivity index (χ4v) is 3.58. The molecule has 0 radical (unpaired) electrons. The average molecular weight is 463 g/mol. The first kappa shape index (κ1) is 24.3. The highest BCUT2D eigenvalue weighted by Gasteiger charge is 2.11. The first-order valence-electron chi connectivity index (χ1n) is 10.7. The van der Waals surface area contributed by atoms with E-state index in [2.05, 4.69) is 27.4 Å². The topological polar surface area (TPSA) is 89.6 Å². The zero-order valence-corrected chi connectivity index (χ0v) is 20.5. The number of hydrogen-bond acceptors (Lipinski definition) is 6. The van der Waals surface area contributed by atoms with Crippen LogP contribution in [0.5, 0.6) is 11.5 Å². The molecule has 0 bridgehead atoms. The van der Waals surface area contributed by atoms with Crippen LogP contribution in [0.2, 0.25) is 0 Å². The molecule has 0 unspecified atom stereocenters. The van der Waals surface area contributed by atoms with Crippen LogP contribution < -0.4 is 15.8 Å². The molecule has 0 saturated heterocycles. The number of fused-ring (bicyclic) bond motifs is 1. The van der Waals surface area contributed by atoms with Crippen LogP contribution in [0.3, 0.4) is 0 Å². The normalized spacial score (nSPS) is 12.3. The molecule has 1 aromatic heterocycles. The Kier molecular flexibility index (Phi) is 7.76. The van der Waals surface area contributed by atoms with Crippen LogP contribution in [0.4, 0.5) is 0 Å². The number of nitrogens with zero attached hydrogens (tertiary/aromatic N) is 2. The molecule has 0 aliphatic heterocycles. The summed E-state index contributed by atoms with van der Waals surface area (Å²) in [5, 5.41) is 3.76. The summed E-state index contributed by atoms with van der Waals surface area (Å²) >= 11 is 1.68. The molecule has 0 spiro atoms. The Morgan fingerprint density at radius 2 is 1.97 bits per heavy atom. The number of carbonyl (C=O) groups excluding carboxylic acids is 1. The molecule has 3 aromatic rings. The summed E-state index contributed by atoms with van der Waals surface area (Å²) in [6.45, 7) is 7.89. The molecule has 2 aromatic carbocycles. The lowest BCUT2D eigenvalue weighted by atomic mass is 10.1. The van der Waals surface area contributed by atoms with Gasteiger partial charge < -0.3 is 15.8 Å².